The van der Waals surface area contributed by atoms with Crippen LogP contribution in [0.4, 0.5) is 0 Å². The van der Waals surface area contributed by atoms with Gasteiger partial charge < -0.3 is 19.9 Å². The molecule has 1 aromatic rings. The first-order valence-corrected chi connectivity index (χ1v) is 5.88. The molecule has 0 aliphatic carbocycles. The molecule has 4 heteroatoms. The van der Waals surface area contributed by atoms with Gasteiger partial charge in [-0.25, -0.2) is 0 Å². The van der Waals surface area contributed by atoms with Gasteiger partial charge in [-0.05, 0) is 30.7 Å². The molecule has 0 saturated heterocycles. The molecule has 0 aromatic heterocycles. The van der Waals surface area contributed by atoms with Crippen LogP contribution in [-0.4, -0.2) is 38.6 Å². The van der Waals surface area contributed by atoms with Gasteiger partial charge in [0, 0.05) is 20.3 Å². The normalized spacial score (nSPS) is 10.6. The number of nitrogens with one attached hydrogen (secondary N) is 1. The highest BCUT2D eigenvalue weighted by Gasteiger charge is 1.93. The molecule has 2 N–H and O–H groups in total. The third-order valence-electron chi connectivity index (χ3n) is 2.34. The lowest BCUT2D eigenvalue weighted by atomic mass is 10.2. The van der Waals surface area contributed by atoms with Gasteiger partial charge >= 0.3 is 0 Å². The van der Waals surface area contributed by atoms with Crippen LogP contribution in [0, 0.1) is 0 Å². The lowest BCUT2D eigenvalue weighted by molar-refractivity contribution is 0.0695. The number of phenols is 1. The zero-order valence-electron chi connectivity index (χ0n) is 10.3. The van der Waals surface area contributed by atoms with Crippen LogP contribution in [0.3, 0.4) is 0 Å². The zero-order chi connectivity index (χ0) is 12.3. The maximum absolute atomic E-state index is 9.12. The molecule has 0 aliphatic heterocycles. The average Bonchev–Trinajstić information content (AvgIpc) is 2.35. The number of benzene rings is 1. The van der Waals surface area contributed by atoms with E-state index in [1.165, 1.54) is 5.56 Å². The largest absolute Gasteiger partial charge is 0.508 e. The van der Waals surface area contributed by atoms with Crippen LogP contribution in [0.1, 0.15) is 12.0 Å². The minimum atomic E-state index is 0.306. The van der Waals surface area contributed by atoms with Crippen molar-refractivity contribution in [3.63, 3.8) is 0 Å². The first-order chi connectivity index (χ1) is 8.33. The van der Waals surface area contributed by atoms with Crippen LogP contribution in [0.25, 0.3) is 0 Å². The van der Waals surface area contributed by atoms with Crippen LogP contribution >= 0.6 is 0 Å². The van der Waals surface area contributed by atoms with E-state index in [4.69, 9.17) is 14.6 Å². The molecule has 0 amide bonds. The second kappa shape index (κ2) is 8.98. The molecule has 96 valence electrons. The van der Waals surface area contributed by atoms with E-state index >= 15 is 0 Å². The summed E-state index contributed by atoms with van der Waals surface area (Å²) in [4.78, 5) is 0. The van der Waals surface area contributed by atoms with Crippen molar-refractivity contribution < 1.29 is 14.6 Å². The van der Waals surface area contributed by atoms with Crippen LogP contribution in [-0.2, 0) is 16.0 Å². The SMILES string of the molecule is COCCOCCCNCc1ccc(O)cc1. The molecule has 0 atom stereocenters. The van der Waals surface area contributed by atoms with Gasteiger partial charge in [-0.3, -0.25) is 0 Å². The van der Waals surface area contributed by atoms with Gasteiger partial charge in [-0.15, -0.1) is 0 Å². The lowest BCUT2D eigenvalue weighted by Gasteiger charge is -2.06. The lowest BCUT2D eigenvalue weighted by Crippen LogP contribution is -2.16. The Labute approximate surface area is 103 Å². The van der Waals surface area contributed by atoms with Crippen LogP contribution in [0.5, 0.6) is 5.75 Å². The number of ether oxygens (including phenoxy) is 2. The van der Waals surface area contributed by atoms with E-state index in [-0.39, 0.29) is 0 Å². The van der Waals surface area contributed by atoms with Gasteiger partial charge in [0.05, 0.1) is 13.2 Å². The number of rotatable bonds is 9. The van der Waals surface area contributed by atoms with Gasteiger partial charge in [0.1, 0.15) is 5.75 Å². The summed E-state index contributed by atoms with van der Waals surface area (Å²) in [6.07, 6.45) is 0.988. The van der Waals surface area contributed by atoms with Crippen LogP contribution in [0.2, 0.25) is 0 Å². The molecule has 0 saturated carbocycles. The van der Waals surface area contributed by atoms with Gasteiger partial charge in [0.15, 0.2) is 0 Å². The topological polar surface area (TPSA) is 50.7 Å². The summed E-state index contributed by atoms with van der Waals surface area (Å²) < 4.78 is 10.2. The zero-order valence-corrected chi connectivity index (χ0v) is 10.3. The molecule has 0 fully saturated rings. The molecule has 0 heterocycles. The van der Waals surface area contributed by atoms with Crippen molar-refractivity contribution in [1.29, 1.82) is 0 Å². The van der Waals surface area contributed by atoms with E-state index < -0.39 is 0 Å². The Hall–Kier alpha value is -1.10. The fourth-order valence-electron chi connectivity index (χ4n) is 1.39. The Bertz CT molecular complexity index is 287. The summed E-state index contributed by atoms with van der Waals surface area (Å²) in [6.45, 7) is 3.81. The smallest absolute Gasteiger partial charge is 0.115 e. The molecule has 17 heavy (non-hydrogen) atoms. The van der Waals surface area contributed by atoms with Crippen molar-refractivity contribution in [1.82, 2.24) is 5.32 Å². The summed E-state index contributed by atoms with van der Waals surface area (Å²) >= 11 is 0. The highest BCUT2D eigenvalue weighted by atomic mass is 16.5. The predicted octanol–water partition coefficient (Wildman–Crippen LogP) is 1.53. The van der Waals surface area contributed by atoms with Crippen LogP contribution in [0.15, 0.2) is 24.3 Å². The Kier molecular flexibility index (Phi) is 7.38. The van der Waals surface area contributed by atoms with Gasteiger partial charge in [-0.1, -0.05) is 12.1 Å². The molecule has 0 unspecified atom stereocenters. The van der Waals surface area contributed by atoms with Crippen LogP contribution < -0.4 is 5.32 Å². The summed E-state index contributed by atoms with van der Waals surface area (Å²) in [6, 6.07) is 7.23. The minimum absolute atomic E-state index is 0.306. The number of methoxy groups -OCH3 is 1. The third kappa shape index (κ3) is 6.94. The number of hydrogen-bond donors (Lipinski definition) is 2. The molecular formula is C13H21NO3. The molecule has 0 bridgehead atoms. The highest BCUT2D eigenvalue weighted by Crippen LogP contribution is 2.08. The van der Waals surface area contributed by atoms with Crippen molar-refractivity contribution in [2.24, 2.45) is 0 Å². The molecule has 4 nitrogen and oxygen atoms in total. The molecule has 1 rings (SSSR count). The summed E-state index contributed by atoms with van der Waals surface area (Å²) in [7, 11) is 1.67. The first kappa shape index (κ1) is 14.0. The Morgan fingerprint density at radius 1 is 1.12 bits per heavy atom. The van der Waals surface area contributed by atoms with E-state index in [0.717, 1.165) is 26.1 Å². The summed E-state index contributed by atoms with van der Waals surface area (Å²) in [5, 5.41) is 12.4. The number of aromatic hydroxyl groups is 1. The highest BCUT2D eigenvalue weighted by molar-refractivity contribution is 5.25. The minimum Gasteiger partial charge on any atom is -0.508 e. The standard InChI is InChI=1S/C13H21NO3/c1-16-9-10-17-8-2-7-14-11-12-3-5-13(15)6-4-12/h3-6,14-15H,2,7-11H2,1H3. The summed E-state index contributed by atoms with van der Waals surface area (Å²) in [5.41, 5.74) is 1.17. The Morgan fingerprint density at radius 2 is 1.88 bits per heavy atom. The number of hydrogen-bond acceptors (Lipinski definition) is 4. The van der Waals surface area contributed by atoms with Crippen molar-refractivity contribution in [2.45, 2.75) is 13.0 Å². The quantitative estimate of drug-likeness (QED) is 0.642. The Morgan fingerprint density at radius 3 is 2.59 bits per heavy atom. The van der Waals surface area contributed by atoms with Crippen molar-refractivity contribution in [3.05, 3.63) is 29.8 Å². The second-order valence-corrected chi connectivity index (χ2v) is 3.80. The molecule has 0 aliphatic rings. The van der Waals surface area contributed by atoms with E-state index in [9.17, 15) is 0 Å². The fourth-order valence-corrected chi connectivity index (χ4v) is 1.39. The molecule has 0 radical (unpaired) electrons. The summed E-state index contributed by atoms with van der Waals surface area (Å²) in [5.74, 6) is 0.306. The van der Waals surface area contributed by atoms with Crippen molar-refractivity contribution >= 4 is 0 Å². The van der Waals surface area contributed by atoms with Gasteiger partial charge in [0.25, 0.3) is 0 Å². The van der Waals surface area contributed by atoms with Crippen molar-refractivity contribution in [2.75, 3.05) is 33.5 Å². The van der Waals surface area contributed by atoms with Crippen molar-refractivity contribution in [3.8, 4) is 5.75 Å². The van der Waals surface area contributed by atoms with E-state index in [2.05, 4.69) is 5.32 Å². The average molecular weight is 239 g/mol. The third-order valence-corrected chi connectivity index (χ3v) is 2.34. The monoisotopic (exact) mass is 239 g/mol. The van der Waals surface area contributed by atoms with E-state index in [0.29, 0.717) is 19.0 Å². The maximum atomic E-state index is 9.12. The van der Waals surface area contributed by atoms with E-state index in [1.807, 2.05) is 12.1 Å². The second-order valence-electron chi connectivity index (χ2n) is 3.80. The predicted molar refractivity (Wildman–Crippen MR) is 67.1 cm³/mol. The molecular weight excluding hydrogens is 218 g/mol. The van der Waals surface area contributed by atoms with Gasteiger partial charge in [0.2, 0.25) is 0 Å². The maximum Gasteiger partial charge on any atom is 0.115 e. The number of phenolic OH excluding ortho intramolecular Hbond substituents is 1. The Balaban J connectivity index is 1.95. The fraction of sp³-hybridized carbons (Fsp3) is 0.538. The van der Waals surface area contributed by atoms with Gasteiger partial charge in [-0.2, -0.15) is 0 Å². The van der Waals surface area contributed by atoms with E-state index in [1.54, 1.807) is 19.2 Å². The first-order valence-electron chi connectivity index (χ1n) is 5.88. The molecule has 0 spiro atoms. The molecule has 1 aromatic carbocycles.